The van der Waals surface area contributed by atoms with E-state index in [9.17, 15) is 0 Å². The van der Waals surface area contributed by atoms with Crippen LogP contribution in [0.5, 0.6) is 5.75 Å². The third-order valence-electron chi connectivity index (χ3n) is 5.19. The molecular formula is C23H26OSi. The minimum atomic E-state index is -1.79. The fourth-order valence-electron chi connectivity index (χ4n) is 3.73. The maximum atomic E-state index is 5.36. The van der Waals surface area contributed by atoms with Gasteiger partial charge < -0.3 is 4.74 Å². The van der Waals surface area contributed by atoms with Gasteiger partial charge in [-0.05, 0) is 35.7 Å². The predicted octanol–water partition coefficient (Wildman–Crippen LogP) is 5.29. The lowest BCUT2D eigenvalue weighted by Crippen LogP contribution is -2.48. The van der Waals surface area contributed by atoms with Gasteiger partial charge in [-0.3, -0.25) is 0 Å². The molecule has 0 amide bonds. The summed E-state index contributed by atoms with van der Waals surface area (Å²) < 4.78 is 5.36. The van der Waals surface area contributed by atoms with Crippen LogP contribution in [0.3, 0.4) is 0 Å². The van der Waals surface area contributed by atoms with E-state index in [1.165, 1.54) is 21.9 Å². The van der Waals surface area contributed by atoms with Gasteiger partial charge >= 0.3 is 0 Å². The number of methoxy groups -OCH3 is 1. The predicted molar refractivity (Wildman–Crippen MR) is 110 cm³/mol. The first kappa shape index (κ1) is 17.5. The third kappa shape index (κ3) is 3.54. The monoisotopic (exact) mass is 346 g/mol. The second-order valence-electron chi connectivity index (χ2n) is 7.15. The summed E-state index contributed by atoms with van der Waals surface area (Å²) in [6.45, 7) is 7.18. The minimum Gasteiger partial charge on any atom is -0.497 e. The Hall–Kier alpha value is -2.32. The fourth-order valence-corrected chi connectivity index (χ4v) is 7.24. The molecular weight excluding hydrogens is 320 g/mol. The number of benzene rings is 3. The van der Waals surface area contributed by atoms with Crippen LogP contribution in [0.1, 0.15) is 22.2 Å². The Morgan fingerprint density at radius 3 is 1.96 bits per heavy atom. The summed E-state index contributed by atoms with van der Waals surface area (Å²) in [6, 6.07) is 28.4. The van der Waals surface area contributed by atoms with Gasteiger partial charge in [-0.25, -0.2) is 0 Å². The van der Waals surface area contributed by atoms with Crippen molar-refractivity contribution in [2.45, 2.75) is 25.6 Å². The molecule has 128 valence electrons. The van der Waals surface area contributed by atoms with Crippen molar-refractivity contribution in [3.8, 4) is 5.75 Å². The van der Waals surface area contributed by atoms with Crippen molar-refractivity contribution in [1.29, 1.82) is 0 Å². The molecule has 0 radical (unpaired) electrons. The summed E-state index contributed by atoms with van der Waals surface area (Å²) in [5, 5.41) is 1.49. The summed E-state index contributed by atoms with van der Waals surface area (Å²) >= 11 is 0. The van der Waals surface area contributed by atoms with Gasteiger partial charge in [0, 0.05) is 5.54 Å². The van der Waals surface area contributed by atoms with Crippen LogP contribution in [0, 0.1) is 6.92 Å². The van der Waals surface area contributed by atoms with Crippen LogP contribution in [0.25, 0.3) is 0 Å². The molecule has 0 spiro atoms. The van der Waals surface area contributed by atoms with Crippen molar-refractivity contribution in [2.75, 3.05) is 7.11 Å². The Kier molecular flexibility index (Phi) is 5.10. The quantitative estimate of drug-likeness (QED) is 0.570. The van der Waals surface area contributed by atoms with Crippen LogP contribution in [0.15, 0.2) is 78.9 Å². The fraction of sp³-hybridized carbons (Fsp3) is 0.217. The molecule has 0 unspecified atom stereocenters. The van der Waals surface area contributed by atoms with Crippen molar-refractivity contribution >= 4 is 13.3 Å². The lowest BCUT2D eigenvalue weighted by Gasteiger charge is -2.35. The molecule has 0 aromatic heterocycles. The smallest absolute Gasteiger partial charge is 0.118 e. The Balaban J connectivity index is 2.16. The zero-order valence-electron chi connectivity index (χ0n) is 15.5. The molecule has 0 N–H and O–H groups in total. The number of rotatable bonds is 5. The van der Waals surface area contributed by atoms with Gasteiger partial charge in [0.05, 0.1) is 15.2 Å². The third-order valence-corrected chi connectivity index (χ3v) is 9.10. The van der Waals surface area contributed by atoms with Crippen LogP contribution in [-0.2, 0) is 0 Å². The van der Waals surface area contributed by atoms with Gasteiger partial charge in [-0.1, -0.05) is 85.0 Å². The topological polar surface area (TPSA) is 9.23 Å². The Bertz CT molecular complexity index is 822. The highest BCUT2D eigenvalue weighted by Gasteiger charge is 2.36. The highest BCUT2D eigenvalue weighted by molar-refractivity contribution is 6.91. The van der Waals surface area contributed by atoms with Gasteiger partial charge in [0.25, 0.3) is 0 Å². The highest BCUT2D eigenvalue weighted by atomic mass is 28.3. The van der Waals surface area contributed by atoms with Gasteiger partial charge in [0.1, 0.15) is 5.75 Å². The molecule has 0 bridgehead atoms. The van der Waals surface area contributed by atoms with Crippen molar-refractivity contribution < 1.29 is 4.74 Å². The van der Waals surface area contributed by atoms with E-state index >= 15 is 0 Å². The molecule has 0 saturated heterocycles. The number of hydrogen-bond acceptors (Lipinski definition) is 1. The van der Waals surface area contributed by atoms with Crippen LogP contribution >= 0.6 is 0 Å². The Morgan fingerprint density at radius 1 is 0.760 bits per heavy atom. The first-order valence-electron chi connectivity index (χ1n) is 8.79. The van der Waals surface area contributed by atoms with E-state index in [-0.39, 0.29) is 0 Å². The molecule has 25 heavy (non-hydrogen) atoms. The largest absolute Gasteiger partial charge is 0.497 e. The molecule has 3 rings (SSSR count). The van der Waals surface area contributed by atoms with Gasteiger partial charge in [0.15, 0.2) is 0 Å². The van der Waals surface area contributed by atoms with Crippen molar-refractivity contribution in [2.24, 2.45) is 0 Å². The molecule has 3 aromatic carbocycles. The van der Waals surface area contributed by atoms with E-state index in [0.717, 1.165) is 5.75 Å². The van der Waals surface area contributed by atoms with Crippen LogP contribution in [0.4, 0.5) is 0 Å². The van der Waals surface area contributed by atoms with Crippen molar-refractivity contribution in [3.63, 3.8) is 0 Å². The lowest BCUT2D eigenvalue weighted by atomic mass is 10.00. The molecule has 0 aliphatic rings. The molecule has 1 nitrogen and oxygen atoms in total. The standard InChI is InChI=1S/C23H26OSi/c1-18-10-8-9-13-22(18)23(19-14-16-20(24-2)17-15-19)25(3,4)21-11-6-5-7-12-21/h5-17,23H,1-4H3/t23-/m1/s1. The maximum absolute atomic E-state index is 5.36. The summed E-state index contributed by atoms with van der Waals surface area (Å²) in [7, 11) is -0.0716. The summed E-state index contributed by atoms with van der Waals surface area (Å²) in [6.07, 6.45) is 0. The van der Waals surface area contributed by atoms with E-state index in [4.69, 9.17) is 4.74 Å². The first-order valence-corrected chi connectivity index (χ1v) is 11.9. The number of hydrogen-bond donors (Lipinski definition) is 0. The van der Waals surface area contributed by atoms with Crippen LogP contribution < -0.4 is 9.92 Å². The lowest BCUT2D eigenvalue weighted by molar-refractivity contribution is 0.414. The van der Waals surface area contributed by atoms with Gasteiger partial charge in [-0.2, -0.15) is 0 Å². The van der Waals surface area contributed by atoms with E-state index in [1.807, 2.05) is 0 Å². The molecule has 0 aliphatic heterocycles. The second-order valence-corrected chi connectivity index (χ2v) is 11.7. The zero-order chi connectivity index (χ0) is 17.9. The van der Waals surface area contributed by atoms with Crippen LogP contribution in [-0.4, -0.2) is 15.2 Å². The second kappa shape index (κ2) is 7.28. The van der Waals surface area contributed by atoms with Crippen molar-refractivity contribution in [3.05, 3.63) is 95.6 Å². The molecule has 3 aromatic rings. The normalized spacial score (nSPS) is 12.6. The van der Waals surface area contributed by atoms with Gasteiger partial charge in [-0.15, -0.1) is 0 Å². The molecule has 1 atom stereocenters. The average molecular weight is 347 g/mol. The number of aryl methyl sites for hydroxylation is 1. The van der Waals surface area contributed by atoms with Crippen LogP contribution in [0.2, 0.25) is 13.1 Å². The molecule has 0 aliphatic carbocycles. The average Bonchev–Trinajstić information content (AvgIpc) is 2.65. The molecule has 0 saturated carbocycles. The van der Waals surface area contributed by atoms with E-state index < -0.39 is 8.07 Å². The summed E-state index contributed by atoms with van der Waals surface area (Å²) in [5.74, 6) is 0.909. The van der Waals surface area contributed by atoms with E-state index in [1.54, 1.807) is 7.11 Å². The molecule has 2 heteroatoms. The minimum absolute atomic E-state index is 0.405. The SMILES string of the molecule is COc1ccc([C@H](c2ccccc2C)[Si](C)(C)c2ccccc2)cc1. The summed E-state index contributed by atoms with van der Waals surface area (Å²) in [5.41, 5.74) is 4.57. The first-order chi connectivity index (χ1) is 12.0. The van der Waals surface area contributed by atoms with Gasteiger partial charge in [0.2, 0.25) is 0 Å². The summed E-state index contributed by atoms with van der Waals surface area (Å²) in [4.78, 5) is 0. The van der Waals surface area contributed by atoms with Crippen molar-refractivity contribution in [1.82, 2.24) is 0 Å². The molecule has 0 fully saturated rings. The van der Waals surface area contributed by atoms with E-state index in [0.29, 0.717) is 5.54 Å². The maximum Gasteiger partial charge on any atom is 0.118 e. The highest BCUT2D eigenvalue weighted by Crippen LogP contribution is 2.36. The zero-order valence-corrected chi connectivity index (χ0v) is 16.5. The molecule has 0 heterocycles. The Labute approximate surface area is 152 Å². The Morgan fingerprint density at radius 2 is 1.36 bits per heavy atom. The van der Waals surface area contributed by atoms with E-state index in [2.05, 4.69) is 98.9 Å². The number of ether oxygens (including phenoxy) is 1.